The summed E-state index contributed by atoms with van der Waals surface area (Å²) in [6, 6.07) is 14.8. The number of hydrogen-bond donors (Lipinski definition) is 1. The van der Waals surface area contributed by atoms with Crippen LogP contribution in [0.5, 0.6) is 0 Å². The highest BCUT2D eigenvalue weighted by molar-refractivity contribution is 6.02. The number of imidazole rings is 1. The van der Waals surface area contributed by atoms with Crippen molar-refractivity contribution in [2.24, 2.45) is 7.05 Å². The van der Waals surface area contributed by atoms with Gasteiger partial charge in [-0.1, -0.05) is 24.3 Å². The Kier molecular flexibility index (Phi) is 4.73. The molecule has 0 spiro atoms. The van der Waals surface area contributed by atoms with Gasteiger partial charge in [-0.15, -0.1) is 0 Å². The first-order valence-electron chi connectivity index (χ1n) is 9.40. The summed E-state index contributed by atoms with van der Waals surface area (Å²) in [5, 5.41) is 2.90. The van der Waals surface area contributed by atoms with Gasteiger partial charge in [-0.2, -0.15) is 0 Å². The number of hydrogen-bond acceptors (Lipinski definition) is 3. The van der Waals surface area contributed by atoms with Gasteiger partial charge in [0.05, 0.1) is 22.4 Å². The molecule has 7 nitrogen and oxygen atoms in total. The predicted octanol–water partition coefficient (Wildman–Crippen LogP) is 2.50. The molecule has 1 aliphatic rings. The number of carbonyl (C=O) groups excluding carboxylic acids is 2. The molecule has 0 bridgehead atoms. The fourth-order valence-electron chi connectivity index (χ4n) is 3.72. The number of nitrogens with one attached hydrogen (secondary N) is 1. The molecule has 0 unspecified atom stereocenters. The number of aromatic nitrogens is 2. The Hall–Kier alpha value is -3.35. The summed E-state index contributed by atoms with van der Waals surface area (Å²) in [5.41, 5.74) is 2.85. The Bertz CT molecular complexity index is 1110. The molecule has 1 N–H and O–H groups in total. The molecule has 0 saturated carbocycles. The van der Waals surface area contributed by atoms with E-state index in [2.05, 4.69) is 5.32 Å². The molecule has 0 aliphatic carbocycles. The lowest BCUT2D eigenvalue weighted by Crippen LogP contribution is -2.26. The summed E-state index contributed by atoms with van der Waals surface area (Å²) in [6.07, 6.45) is 1.52. The van der Waals surface area contributed by atoms with Gasteiger partial charge in [0.1, 0.15) is 0 Å². The number of benzene rings is 2. The number of anilines is 2. The van der Waals surface area contributed by atoms with Crippen molar-refractivity contribution in [1.82, 2.24) is 9.13 Å². The largest absolute Gasteiger partial charge is 0.328 e. The molecule has 0 radical (unpaired) electrons. The van der Waals surface area contributed by atoms with Crippen LogP contribution in [0.15, 0.2) is 53.3 Å². The monoisotopic (exact) mass is 378 g/mol. The second-order valence-corrected chi connectivity index (χ2v) is 6.95. The molecular weight excluding hydrogens is 356 g/mol. The van der Waals surface area contributed by atoms with Gasteiger partial charge in [0, 0.05) is 33.0 Å². The van der Waals surface area contributed by atoms with Crippen LogP contribution < -0.4 is 15.9 Å². The van der Waals surface area contributed by atoms with E-state index in [1.807, 2.05) is 42.5 Å². The standard InChI is InChI=1S/C21H22N4O3/c1-23-17-9-4-5-10-18(17)25(21(23)28)14-12-19(26)22-15-7-2-3-8-16(15)24-13-6-11-20(24)27/h2-5,7-10H,6,11-14H2,1H3,(H,22,26). The van der Waals surface area contributed by atoms with E-state index in [1.54, 1.807) is 27.1 Å². The summed E-state index contributed by atoms with van der Waals surface area (Å²) < 4.78 is 3.20. The Morgan fingerprint density at radius 3 is 2.50 bits per heavy atom. The lowest BCUT2D eigenvalue weighted by Gasteiger charge is -2.20. The van der Waals surface area contributed by atoms with Gasteiger partial charge in [0.2, 0.25) is 11.8 Å². The second-order valence-electron chi connectivity index (χ2n) is 6.95. The van der Waals surface area contributed by atoms with Crippen LogP contribution in [-0.2, 0) is 23.2 Å². The molecule has 2 amide bonds. The van der Waals surface area contributed by atoms with Crippen molar-refractivity contribution >= 4 is 34.2 Å². The van der Waals surface area contributed by atoms with Gasteiger partial charge in [-0.05, 0) is 30.7 Å². The summed E-state index contributed by atoms with van der Waals surface area (Å²) >= 11 is 0. The fourth-order valence-corrected chi connectivity index (χ4v) is 3.72. The van der Waals surface area contributed by atoms with Crippen molar-refractivity contribution in [3.63, 3.8) is 0 Å². The van der Waals surface area contributed by atoms with Crippen molar-refractivity contribution in [2.45, 2.75) is 25.8 Å². The van der Waals surface area contributed by atoms with Crippen molar-refractivity contribution in [1.29, 1.82) is 0 Å². The smallest absolute Gasteiger partial charge is 0.324 e. The summed E-state index contributed by atoms with van der Waals surface area (Å²) in [5.74, 6) is -0.122. The average molecular weight is 378 g/mol. The first-order valence-corrected chi connectivity index (χ1v) is 9.40. The lowest BCUT2D eigenvalue weighted by molar-refractivity contribution is -0.117. The highest BCUT2D eigenvalue weighted by atomic mass is 16.2. The zero-order valence-electron chi connectivity index (χ0n) is 15.7. The van der Waals surface area contributed by atoms with Crippen LogP contribution in [0.2, 0.25) is 0 Å². The number of nitrogens with zero attached hydrogens (tertiary/aromatic N) is 3. The van der Waals surface area contributed by atoms with Gasteiger partial charge in [0.25, 0.3) is 0 Å². The zero-order valence-corrected chi connectivity index (χ0v) is 15.7. The minimum Gasteiger partial charge on any atom is -0.324 e. The van der Waals surface area contributed by atoms with E-state index in [-0.39, 0.29) is 30.5 Å². The Morgan fingerprint density at radius 2 is 1.75 bits per heavy atom. The first kappa shape index (κ1) is 18.0. The maximum Gasteiger partial charge on any atom is 0.328 e. The number of carbonyl (C=O) groups is 2. The number of fused-ring (bicyclic) bond motifs is 1. The van der Waals surface area contributed by atoms with Gasteiger partial charge in [-0.3, -0.25) is 18.7 Å². The van der Waals surface area contributed by atoms with Crippen molar-refractivity contribution < 1.29 is 9.59 Å². The van der Waals surface area contributed by atoms with E-state index in [9.17, 15) is 14.4 Å². The van der Waals surface area contributed by atoms with E-state index in [1.165, 1.54) is 0 Å². The second kappa shape index (κ2) is 7.34. The van der Waals surface area contributed by atoms with Gasteiger partial charge >= 0.3 is 5.69 Å². The van der Waals surface area contributed by atoms with Gasteiger partial charge < -0.3 is 10.2 Å². The first-order chi connectivity index (χ1) is 13.6. The van der Waals surface area contributed by atoms with Crippen molar-refractivity contribution in [2.75, 3.05) is 16.8 Å². The zero-order chi connectivity index (χ0) is 19.7. The highest BCUT2D eigenvalue weighted by Gasteiger charge is 2.24. The molecule has 4 rings (SSSR count). The third-order valence-electron chi connectivity index (χ3n) is 5.16. The maximum atomic E-state index is 12.6. The van der Waals surface area contributed by atoms with Crippen LogP contribution in [0.1, 0.15) is 19.3 Å². The van der Waals surface area contributed by atoms with E-state index in [0.717, 1.165) is 23.1 Å². The molecule has 144 valence electrons. The third kappa shape index (κ3) is 3.19. The SMILES string of the molecule is Cn1c(=O)n(CCC(=O)Nc2ccccc2N2CCCC2=O)c2ccccc21. The minimum atomic E-state index is -0.195. The number of rotatable bonds is 5. The number of para-hydroxylation sites is 4. The molecule has 2 aromatic carbocycles. The lowest BCUT2D eigenvalue weighted by atomic mass is 10.2. The van der Waals surface area contributed by atoms with Crippen LogP contribution in [-0.4, -0.2) is 27.5 Å². The molecule has 3 aromatic rings. The van der Waals surface area contributed by atoms with Crippen LogP contribution >= 0.6 is 0 Å². The minimum absolute atomic E-state index is 0.0732. The van der Waals surface area contributed by atoms with E-state index < -0.39 is 0 Å². The molecular formula is C21H22N4O3. The van der Waals surface area contributed by atoms with Crippen LogP contribution in [0.4, 0.5) is 11.4 Å². The van der Waals surface area contributed by atoms with Gasteiger partial charge in [-0.25, -0.2) is 4.79 Å². The molecule has 2 heterocycles. The Morgan fingerprint density at radius 1 is 1.04 bits per heavy atom. The van der Waals surface area contributed by atoms with Crippen LogP contribution in [0.3, 0.4) is 0 Å². The van der Waals surface area contributed by atoms with Crippen LogP contribution in [0, 0.1) is 0 Å². The van der Waals surface area contributed by atoms with E-state index in [4.69, 9.17) is 0 Å². The molecule has 7 heteroatoms. The summed E-state index contributed by atoms with van der Waals surface area (Å²) in [4.78, 5) is 38.8. The van der Waals surface area contributed by atoms with Crippen molar-refractivity contribution in [3.8, 4) is 0 Å². The Labute approximate surface area is 162 Å². The third-order valence-corrected chi connectivity index (χ3v) is 5.16. The maximum absolute atomic E-state index is 12.6. The highest BCUT2D eigenvalue weighted by Crippen LogP contribution is 2.29. The normalized spacial score (nSPS) is 14.0. The van der Waals surface area contributed by atoms with Crippen molar-refractivity contribution in [3.05, 3.63) is 59.0 Å². The number of amides is 2. The molecule has 1 aromatic heterocycles. The molecule has 28 heavy (non-hydrogen) atoms. The fraction of sp³-hybridized carbons (Fsp3) is 0.286. The summed E-state index contributed by atoms with van der Waals surface area (Å²) in [7, 11) is 1.73. The Balaban J connectivity index is 1.50. The van der Waals surface area contributed by atoms with Crippen LogP contribution in [0.25, 0.3) is 11.0 Å². The topological polar surface area (TPSA) is 76.3 Å². The predicted molar refractivity (Wildman–Crippen MR) is 108 cm³/mol. The van der Waals surface area contributed by atoms with Gasteiger partial charge in [0.15, 0.2) is 0 Å². The average Bonchev–Trinajstić information content (AvgIpc) is 3.23. The van der Waals surface area contributed by atoms with E-state index in [0.29, 0.717) is 18.7 Å². The molecule has 1 fully saturated rings. The number of aryl methyl sites for hydroxylation is 2. The molecule has 0 atom stereocenters. The summed E-state index contributed by atoms with van der Waals surface area (Å²) in [6.45, 7) is 0.952. The molecule has 1 aliphatic heterocycles. The van der Waals surface area contributed by atoms with E-state index >= 15 is 0 Å². The molecule has 1 saturated heterocycles. The quantitative estimate of drug-likeness (QED) is 0.741.